The molecule has 0 bridgehead atoms. The van der Waals surface area contributed by atoms with E-state index in [-0.39, 0.29) is 12.3 Å². The summed E-state index contributed by atoms with van der Waals surface area (Å²) in [5.41, 5.74) is 6.74. The summed E-state index contributed by atoms with van der Waals surface area (Å²) in [6.45, 7) is 5.78. The summed E-state index contributed by atoms with van der Waals surface area (Å²) in [6, 6.07) is 18.3. The fourth-order valence-electron chi connectivity index (χ4n) is 4.67. The molecule has 0 saturated heterocycles. The van der Waals surface area contributed by atoms with Crippen LogP contribution in [-0.4, -0.2) is 48.4 Å². The predicted molar refractivity (Wildman–Crippen MR) is 149 cm³/mol. The van der Waals surface area contributed by atoms with Crippen LogP contribution >= 0.6 is 11.9 Å². The Morgan fingerprint density at radius 2 is 1.84 bits per heavy atom. The van der Waals surface area contributed by atoms with Crippen LogP contribution in [0.2, 0.25) is 0 Å². The summed E-state index contributed by atoms with van der Waals surface area (Å²) in [5.74, 6) is 2.45. The lowest BCUT2D eigenvalue weighted by Gasteiger charge is -2.15. The van der Waals surface area contributed by atoms with Gasteiger partial charge in [-0.25, -0.2) is 0 Å². The molecule has 1 aliphatic rings. The van der Waals surface area contributed by atoms with Crippen LogP contribution in [0.3, 0.4) is 0 Å². The molecule has 196 valence electrons. The van der Waals surface area contributed by atoms with Crippen molar-refractivity contribution < 1.29 is 24.1 Å². The molecule has 1 unspecified atom stereocenters. The van der Waals surface area contributed by atoms with E-state index in [9.17, 15) is 4.79 Å². The van der Waals surface area contributed by atoms with Crippen molar-refractivity contribution in [3.05, 3.63) is 76.9 Å². The topological polar surface area (TPSA) is 68.2 Å². The first-order chi connectivity index (χ1) is 17.8. The van der Waals surface area contributed by atoms with Gasteiger partial charge in [0.25, 0.3) is 0 Å². The first-order valence-corrected chi connectivity index (χ1v) is 13.5. The number of aliphatic carboxylic acids is 1. The summed E-state index contributed by atoms with van der Waals surface area (Å²) in [4.78, 5) is 11.1. The summed E-state index contributed by atoms with van der Waals surface area (Å²) < 4.78 is 19.9. The zero-order valence-electron chi connectivity index (χ0n) is 22.0. The molecule has 37 heavy (non-hydrogen) atoms. The minimum Gasteiger partial charge on any atom is -0.494 e. The van der Waals surface area contributed by atoms with Gasteiger partial charge in [0.15, 0.2) is 0 Å². The lowest BCUT2D eigenvalue weighted by atomic mass is 9.94. The Hall–Kier alpha value is -3.16. The van der Waals surface area contributed by atoms with Crippen LogP contribution in [0.1, 0.15) is 41.0 Å². The number of aryl methyl sites for hydroxylation is 2. The molecule has 1 atom stereocenters. The number of nitrogens with zero attached hydrogens (tertiary/aromatic N) is 1. The second kappa shape index (κ2) is 12.4. The summed E-state index contributed by atoms with van der Waals surface area (Å²) in [6.07, 6.45) is 1.08. The number of carboxylic acids is 1. The summed E-state index contributed by atoms with van der Waals surface area (Å²) >= 11 is 1.80. The molecule has 0 aliphatic carbocycles. The van der Waals surface area contributed by atoms with Crippen molar-refractivity contribution in [2.45, 2.75) is 39.2 Å². The number of carboxylic acid groups (broad SMARTS) is 1. The molecule has 7 heteroatoms. The van der Waals surface area contributed by atoms with E-state index in [2.05, 4.69) is 68.6 Å². The molecule has 0 aromatic heterocycles. The first kappa shape index (κ1) is 26.9. The smallest absolute Gasteiger partial charge is 0.304 e. The Kier molecular flexibility index (Phi) is 9.00. The van der Waals surface area contributed by atoms with Gasteiger partial charge >= 0.3 is 5.97 Å². The van der Waals surface area contributed by atoms with Crippen molar-refractivity contribution in [1.29, 1.82) is 0 Å². The van der Waals surface area contributed by atoms with Crippen LogP contribution in [-0.2, 0) is 11.4 Å². The molecule has 0 spiro atoms. The molecule has 3 aromatic carbocycles. The molecule has 1 aliphatic heterocycles. The maximum absolute atomic E-state index is 11.1. The number of rotatable bonds is 12. The summed E-state index contributed by atoms with van der Waals surface area (Å²) in [7, 11) is 4.11. The van der Waals surface area contributed by atoms with Crippen molar-refractivity contribution in [3.63, 3.8) is 0 Å². The van der Waals surface area contributed by atoms with Gasteiger partial charge in [-0.1, -0.05) is 36.2 Å². The third-order valence-corrected chi connectivity index (χ3v) is 7.31. The molecule has 0 saturated carbocycles. The third kappa shape index (κ3) is 7.21. The van der Waals surface area contributed by atoms with Crippen LogP contribution in [0.25, 0.3) is 11.1 Å². The highest BCUT2D eigenvalue weighted by molar-refractivity contribution is 7.96. The molecule has 6 nitrogen and oxygen atoms in total. The number of hydrogen-bond acceptors (Lipinski definition) is 6. The molecule has 1 heterocycles. The Bertz CT molecular complexity index is 1220. The highest BCUT2D eigenvalue weighted by Crippen LogP contribution is 2.38. The number of ether oxygens (including phenoxy) is 3. The van der Waals surface area contributed by atoms with Crippen LogP contribution < -0.4 is 14.2 Å². The highest BCUT2D eigenvalue weighted by atomic mass is 32.2. The molecular weight excluding hydrogens is 486 g/mol. The minimum absolute atomic E-state index is 0.0713. The van der Waals surface area contributed by atoms with Gasteiger partial charge in [0.1, 0.15) is 23.9 Å². The number of carbonyl (C=O) groups is 1. The van der Waals surface area contributed by atoms with Gasteiger partial charge in [0, 0.05) is 23.3 Å². The number of benzene rings is 3. The Labute approximate surface area is 223 Å². The fraction of sp³-hybridized carbons (Fsp3) is 0.367. The Morgan fingerprint density at radius 1 is 1.05 bits per heavy atom. The zero-order chi connectivity index (χ0) is 26.4. The van der Waals surface area contributed by atoms with E-state index in [1.165, 1.54) is 16.7 Å². The maximum atomic E-state index is 11.1. The molecule has 4 rings (SSSR count). The van der Waals surface area contributed by atoms with E-state index in [0.29, 0.717) is 31.3 Å². The van der Waals surface area contributed by atoms with Gasteiger partial charge in [-0.2, -0.15) is 0 Å². The molecule has 0 radical (unpaired) electrons. The van der Waals surface area contributed by atoms with Gasteiger partial charge in [-0.05, 0) is 86.4 Å². The standard InChI is InChI=1S/C30H35NO5S/c1-20-13-26(34-11-6-12-37-31(3)4)14-21(2)30(20)23-8-5-7-22(15-23)18-35-25-9-10-27-24(16-29(32)33)19-36-28(27)17-25/h5,7-10,13-15,17,24H,6,11-12,16,18-19H2,1-4H3,(H,32,33). The zero-order valence-corrected chi connectivity index (χ0v) is 22.8. The van der Waals surface area contributed by atoms with Crippen molar-refractivity contribution in [3.8, 4) is 28.4 Å². The lowest BCUT2D eigenvalue weighted by Crippen LogP contribution is -2.07. The van der Waals surface area contributed by atoms with E-state index in [1.807, 2.05) is 18.2 Å². The van der Waals surface area contributed by atoms with Crippen LogP contribution in [0.5, 0.6) is 17.2 Å². The van der Waals surface area contributed by atoms with E-state index >= 15 is 0 Å². The molecule has 0 fully saturated rings. The van der Waals surface area contributed by atoms with Gasteiger partial charge < -0.3 is 19.3 Å². The van der Waals surface area contributed by atoms with Gasteiger partial charge in [-0.3, -0.25) is 9.10 Å². The second-order valence-corrected chi connectivity index (χ2v) is 11.0. The normalized spacial score (nSPS) is 14.4. The number of hydrogen-bond donors (Lipinski definition) is 1. The van der Waals surface area contributed by atoms with Crippen molar-refractivity contribution >= 4 is 17.9 Å². The maximum Gasteiger partial charge on any atom is 0.304 e. The first-order valence-electron chi connectivity index (χ1n) is 12.5. The SMILES string of the molecule is Cc1cc(OCCCSN(C)C)cc(C)c1-c1cccc(COc2ccc3c(c2)OCC3CC(=O)O)c1. The average Bonchev–Trinajstić information content (AvgIpc) is 3.23. The van der Waals surface area contributed by atoms with Crippen LogP contribution in [0, 0.1) is 13.8 Å². The van der Waals surface area contributed by atoms with E-state index in [4.69, 9.17) is 19.3 Å². The van der Waals surface area contributed by atoms with Crippen molar-refractivity contribution in [2.24, 2.45) is 0 Å². The van der Waals surface area contributed by atoms with Crippen LogP contribution in [0.4, 0.5) is 0 Å². The van der Waals surface area contributed by atoms with Crippen molar-refractivity contribution in [1.82, 2.24) is 4.31 Å². The quantitative estimate of drug-likeness (QED) is 0.216. The van der Waals surface area contributed by atoms with Crippen LogP contribution in [0.15, 0.2) is 54.6 Å². The van der Waals surface area contributed by atoms with Gasteiger partial charge in [-0.15, -0.1) is 0 Å². The monoisotopic (exact) mass is 521 g/mol. The van der Waals surface area contributed by atoms with Gasteiger partial charge in [0.05, 0.1) is 19.6 Å². The third-order valence-electron chi connectivity index (χ3n) is 6.32. The van der Waals surface area contributed by atoms with Gasteiger partial charge in [0.2, 0.25) is 0 Å². The van der Waals surface area contributed by atoms with E-state index in [1.54, 1.807) is 11.9 Å². The van der Waals surface area contributed by atoms with Crippen molar-refractivity contribution in [2.75, 3.05) is 33.1 Å². The summed E-state index contributed by atoms with van der Waals surface area (Å²) in [5, 5.41) is 9.10. The van der Waals surface area contributed by atoms with E-state index in [0.717, 1.165) is 34.6 Å². The average molecular weight is 522 g/mol. The fourth-order valence-corrected chi connectivity index (χ4v) is 5.28. The molecule has 1 N–H and O–H groups in total. The van der Waals surface area contributed by atoms with E-state index < -0.39 is 5.97 Å². The molecular formula is C30H35NO5S. The Balaban J connectivity index is 1.39. The minimum atomic E-state index is -0.816. The number of fused-ring (bicyclic) bond motifs is 1. The molecule has 0 amide bonds. The lowest BCUT2D eigenvalue weighted by molar-refractivity contribution is -0.137. The molecule has 3 aromatic rings. The highest BCUT2D eigenvalue weighted by Gasteiger charge is 2.26. The Morgan fingerprint density at radius 3 is 2.57 bits per heavy atom. The second-order valence-electron chi connectivity index (χ2n) is 9.57. The largest absolute Gasteiger partial charge is 0.494 e. The predicted octanol–water partition coefficient (Wildman–Crippen LogP) is 6.48.